The maximum absolute atomic E-state index is 13.5. The first-order valence-corrected chi connectivity index (χ1v) is 5.82. The summed E-state index contributed by atoms with van der Waals surface area (Å²) in [7, 11) is 0. The number of carboxylic acids is 1. The summed E-state index contributed by atoms with van der Waals surface area (Å²) >= 11 is 0. The van der Waals surface area contributed by atoms with E-state index in [0.717, 1.165) is 6.20 Å². The molecule has 102 valence electrons. The van der Waals surface area contributed by atoms with E-state index in [2.05, 4.69) is 9.97 Å². The zero-order valence-electron chi connectivity index (χ0n) is 10.6. The van der Waals surface area contributed by atoms with Gasteiger partial charge in [0.1, 0.15) is 11.6 Å². The first-order valence-electron chi connectivity index (χ1n) is 5.82. The number of aromatic carboxylic acids is 1. The highest BCUT2D eigenvalue weighted by atomic mass is 19.1. The molecule has 0 saturated heterocycles. The van der Waals surface area contributed by atoms with Crippen molar-refractivity contribution in [1.29, 1.82) is 0 Å². The van der Waals surface area contributed by atoms with Gasteiger partial charge in [-0.05, 0) is 18.6 Å². The smallest absolute Gasteiger partial charge is 0.355 e. The van der Waals surface area contributed by atoms with Crippen molar-refractivity contribution in [3.63, 3.8) is 0 Å². The van der Waals surface area contributed by atoms with Gasteiger partial charge in [0.15, 0.2) is 11.5 Å². The minimum Gasteiger partial charge on any atom is -0.476 e. The van der Waals surface area contributed by atoms with Gasteiger partial charge in [-0.1, -0.05) is 18.2 Å². The second kappa shape index (κ2) is 5.56. The fourth-order valence-corrected chi connectivity index (χ4v) is 1.74. The molecule has 0 amide bonds. The van der Waals surface area contributed by atoms with Crippen molar-refractivity contribution in [3.05, 3.63) is 58.9 Å². The number of nitrogens with zero attached hydrogens (tertiary/aromatic N) is 2. The van der Waals surface area contributed by atoms with Crippen molar-refractivity contribution >= 4 is 11.8 Å². The number of hydrogen-bond donors (Lipinski definition) is 1. The van der Waals surface area contributed by atoms with Gasteiger partial charge in [-0.2, -0.15) is 0 Å². The molecular weight excluding hydrogens is 263 g/mol. The Morgan fingerprint density at radius 1 is 1.30 bits per heavy atom. The predicted octanol–water partition coefficient (Wildman–Crippen LogP) is 2.11. The van der Waals surface area contributed by atoms with Crippen LogP contribution in [0.1, 0.15) is 39.2 Å². The summed E-state index contributed by atoms with van der Waals surface area (Å²) in [5.41, 5.74) is -0.0620. The standard InChI is InChI=1S/C14H11FN2O3/c1-8(18)10-7-16-12(17-13(10)14(19)20)6-9-4-2-3-5-11(9)15/h2-5,7H,6H2,1H3,(H,19,20). The van der Waals surface area contributed by atoms with E-state index in [4.69, 9.17) is 5.11 Å². The Hall–Kier alpha value is -2.63. The van der Waals surface area contributed by atoms with Crippen molar-refractivity contribution in [2.24, 2.45) is 0 Å². The first kappa shape index (κ1) is 13.8. The van der Waals surface area contributed by atoms with Crippen molar-refractivity contribution in [2.45, 2.75) is 13.3 Å². The van der Waals surface area contributed by atoms with Crippen LogP contribution in [-0.4, -0.2) is 26.8 Å². The summed E-state index contributed by atoms with van der Waals surface area (Å²) in [6.45, 7) is 1.24. The third-order valence-electron chi connectivity index (χ3n) is 2.73. The van der Waals surface area contributed by atoms with Crippen LogP contribution in [-0.2, 0) is 6.42 Å². The van der Waals surface area contributed by atoms with Gasteiger partial charge in [0.05, 0.1) is 5.56 Å². The average Bonchev–Trinajstić information content (AvgIpc) is 2.41. The number of carboxylic acid groups (broad SMARTS) is 1. The molecule has 0 fully saturated rings. The molecule has 20 heavy (non-hydrogen) atoms. The lowest BCUT2D eigenvalue weighted by Gasteiger charge is -2.05. The third-order valence-corrected chi connectivity index (χ3v) is 2.73. The van der Waals surface area contributed by atoms with Crippen molar-refractivity contribution in [3.8, 4) is 0 Å². The van der Waals surface area contributed by atoms with Gasteiger partial charge in [0, 0.05) is 12.6 Å². The summed E-state index contributed by atoms with van der Waals surface area (Å²) in [6, 6.07) is 6.09. The lowest BCUT2D eigenvalue weighted by molar-refractivity contribution is 0.0685. The number of benzene rings is 1. The highest BCUT2D eigenvalue weighted by Gasteiger charge is 2.17. The molecular formula is C14H11FN2O3. The summed E-state index contributed by atoms with van der Waals surface area (Å²) < 4.78 is 13.5. The fourth-order valence-electron chi connectivity index (χ4n) is 1.74. The first-order chi connectivity index (χ1) is 9.49. The number of aromatic nitrogens is 2. The Morgan fingerprint density at radius 2 is 2.00 bits per heavy atom. The van der Waals surface area contributed by atoms with Crippen molar-refractivity contribution < 1.29 is 19.1 Å². The fraction of sp³-hybridized carbons (Fsp3) is 0.143. The largest absolute Gasteiger partial charge is 0.476 e. The molecule has 0 unspecified atom stereocenters. The van der Waals surface area contributed by atoms with Gasteiger partial charge >= 0.3 is 5.97 Å². The molecule has 1 aromatic carbocycles. The number of hydrogen-bond acceptors (Lipinski definition) is 4. The second-order valence-electron chi connectivity index (χ2n) is 4.18. The number of carbonyl (C=O) groups is 2. The number of Topliss-reactive ketones (excluding diaryl/α,β-unsaturated/α-hetero) is 1. The van der Waals surface area contributed by atoms with E-state index in [0.29, 0.717) is 5.56 Å². The number of rotatable bonds is 4. The molecule has 5 nitrogen and oxygen atoms in total. The molecule has 0 saturated carbocycles. The molecule has 1 N–H and O–H groups in total. The summed E-state index contributed by atoms with van der Waals surface area (Å²) in [6.07, 6.45) is 1.22. The van der Waals surface area contributed by atoms with Crippen LogP contribution in [0.3, 0.4) is 0 Å². The van der Waals surface area contributed by atoms with Crippen molar-refractivity contribution in [2.75, 3.05) is 0 Å². The number of carbonyl (C=O) groups excluding carboxylic acids is 1. The summed E-state index contributed by atoms with van der Waals surface area (Å²) in [5.74, 6) is -2.01. The maximum atomic E-state index is 13.5. The van der Waals surface area contributed by atoms with Crippen LogP contribution in [0.5, 0.6) is 0 Å². The molecule has 6 heteroatoms. The number of halogens is 1. The predicted molar refractivity (Wildman–Crippen MR) is 68.2 cm³/mol. The van der Waals surface area contributed by atoms with E-state index in [1.54, 1.807) is 18.2 Å². The molecule has 0 spiro atoms. The van der Waals surface area contributed by atoms with Crippen LogP contribution in [0.4, 0.5) is 4.39 Å². The average molecular weight is 274 g/mol. The van der Waals surface area contributed by atoms with Crippen LogP contribution < -0.4 is 0 Å². The molecule has 1 heterocycles. The van der Waals surface area contributed by atoms with Gasteiger partial charge in [-0.15, -0.1) is 0 Å². The van der Waals surface area contributed by atoms with Gasteiger partial charge in [0.2, 0.25) is 0 Å². The van der Waals surface area contributed by atoms with Crippen LogP contribution in [0.2, 0.25) is 0 Å². The molecule has 2 rings (SSSR count). The molecule has 0 aliphatic carbocycles. The third kappa shape index (κ3) is 2.85. The van der Waals surface area contributed by atoms with Gasteiger partial charge in [0.25, 0.3) is 0 Å². The zero-order valence-corrected chi connectivity index (χ0v) is 10.6. The normalized spacial score (nSPS) is 10.3. The molecule has 2 aromatic rings. The van der Waals surface area contributed by atoms with Crippen LogP contribution >= 0.6 is 0 Å². The minimum atomic E-state index is -1.31. The molecule has 0 atom stereocenters. The lowest BCUT2D eigenvalue weighted by atomic mass is 10.1. The minimum absolute atomic E-state index is 0.0604. The zero-order chi connectivity index (χ0) is 14.7. The van der Waals surface area contributed by atoms with E-state index in [1.807, 2.05) is 0 Å². The van der Waals surface area contributed by atoms with Crippen molar-refractivity contribution in [1.82, 2.24) is 9.97 Å². The molecule has 0 aliphatic rings. The Balaban J connectivity index is 2.40. The maximum Gasteiger partial charge on any atom is 0.355 e. The monoisotopic (exact) mass is 274 g/mol. The summed E-state index contributed by atoms with van der Waals surface area (Å²) in [5, 5.41) is 9.04. The lowest BCUT2D eigenvalue weighted by Crippen LogP contribution is -2.13. The van der Waals surface area contributed by atoms with Crippen LogP contribution in [0.25, 0.3) is 0 Å². The Morgan fingerprint density at radius 3 is 2.60 bits per heavy atom. The van der Waals surface area contributed by atoms with E-state index < -0.39 is 17.6 Å². The second-order valence-corrected chi connectivity index (χ2v) is 4.18. The highest BCUT2D eigenvalue weighted by Crippen LogP contribution is 2.13. The van der Waals surface area contributed by atoms with E-state index >= 15 is 0 Å². The number of ketones is 1. The van der Waals surface area contributed by atoms with Gasteiger partial charge in [-0.25, -0.2) is 19.2 Å². The Bertz CT molecular complexity index is 686. The van der Waals surface area contributed by atoms with Gasteiger partial charge in [-0.3, -0.25) is 4.79 Å². The van der Waals surface area contributed by atoms with E-state index in [1.165, 1.54) is 13.0 Å². The highest BCUT2D eigenvalue weighted by molar-refractivity contribution is 6.03. The van der Waals surface area contributed by atoms with Gasteiger partial charge < -0.3 is 5.11 Å². The molecule has 0 aliphatic heterocycles. The van der Waals surface area contributed by atoms with E-state index in [-0.39, 0.29) is 23.5 Å². The quantitative estimate of drug-likeness (QED) is 0.864. The summed E-state index contributed by atoms with van der Waals surface area (Å²) in [4.78, 5) is 30.1. The topological polar surface area (TPSA) is 80.2 Å². The Kier molecular flexibility index (Phi) is 3.84. The Labute approximate surface area is 114 Å². The van der Waals surface area contributed by atoms with E-state index in [9.17, 15) is 14.0 Å². The van der Waals surface area contributed by atoms with Crippen LogP contribution in [0, 0.1) is 5.82 Å². The molecule has 1 aromatic heterocycles. The SMILES string of the molecule is CC(=O)c1cnc(Cc2ccccc2F)nc1C(=O)O. The molecule has 0 radical (unpaired) electrons. The molecule has 0 bridgehead atoms. The van der Waals surface area contributed by atoms with Crippen LogP contribution in [0.15, 0.2) is 30.5 Å².